The predicted molar refractivity (Wildman–Crippen MR) is 67.7 cm³/mol. The summed E-state index contributed by atoms with van der Waals surface area (Å²) in [7, 11) is 0. The van der Waals surface area contributed by atoms with Crippen LogP contribution in [-0.2, 0) is 4.79 Å². The number of aryl methyl sites for hydroxylation is 1. The summed E-state index contributed by atoms with van der Waals surface area (Å²) in [5.41, 5.74) is 0. The number of carboxylic acids is 1. The van der Waals surface area contributed by atoms with E-state index >= 15 is 0 Å². The van der Waals surface area contributed by atoms with Crippen LogP contribution in [0.15, 0.2) is 12.3 Å². The average molecular weight is 264 g/mol. The molecule has 7 nitrogen and oxygen atoms in total. The highest BCUT2D eigenvalue weighted by atomic mass is 16.4. The fourth-order valence-electron chi connectivity index (χ4n) is 2.08. The highest BCUT2D eigenvalue weighted by Gasteiger charge is 2.28. The van der Waals surface area contributed by atoms with E-state index in [4.69, 9.17) is 5.11 Å². The normalized spacial score (nSPS) is 19.0. The smallest absolute Gasteiger partial charge is 0.323 e. The van der Waals surface area contributed by atoms with Crippen molar-refractivity contribution in [2.24, 2.45) is 5.92 Å². The molecule has 0 spiro atoms. The molecule has 102 valence electrons. The average Bonchev–Trinajstić information content (AvgIpc) is 2.39. The van der Waals surface area contributed by atoms with Crippen LogP contribution in [-0.4, -0.2) is 45.1 Å². The minimum Gasteiger partial charge on any atom is -0.481 e. The lowest BCUT2D eigenvalue weighted by atomic mass is 9.99. The van der Waals surface area contributed by atoms with Crippen LogP contribution in [0.1, 0.15) is 18.7 Å². The number of rotatable bonds is 2. The van der Waals surface area contributed by atoms with Gasteiger partial charge in [-0.25, -0.2) is 14.8 Å². The third-order valence-corrected chi connectivity index (χ3v) is 3.07. The van der Waals surface area contributed by atoms with E-state index in [1.165, 1.54) is 4.90 Å². The highest BCUT2D eigenvalue weighted by Crippen LogP contribution is 2.17. The van der Waals surface area contributed by atoms with Crippen LogP contribution < -0.4 is 5.32 Å². The van der Waals surface area contributed by atoms with Gasteiger partial charge in [0.2, 0.25) is 0 Å². The molecule has 1 saturated heterocycles. The molecule has 1 atom stereocenters. The van der Waals surface area contributed by atoms with Gasteiger partial charge in [-0.05, 0) is 25.8 Å². The molecule has 2 amide bonds. The van der Waals surface area contributed by atoms with Crippen molar-refractivity contribution in [2.45, 2.75) is 19.8 Å². The summed E-state index contributed by atoms with van der Waals surface area (Å²) in [4.78, 5) is 32.5. The maximum absolute atomic E-state index is 12.0. The second kappa shape index (κ2) is 5.64. The van der Waals surface area contributed by atoms with Gasteiger partial charge in [-0.1, -0.05) is 0 Å². The molecule has 1 unspecified atom stereocenters. The van der Waals surface area contributed by atoms with Gasteiger partial charge in [0.25, 0.3) is 0 Å². The second-order valence-electron chi connectivity index (χ2n) is 4.54. The third-order valence-electron chi connectivity index (χ3n) is 3.07. The van der Waals surface area contributed by atoms with Crippen LogP contribution in [0.5, 0.6) is 0 Å². The summed E-state index contributed by atoms with van der Waals surface area (Å²) in [5, 5.41) is 11.6. The van der Waals surface area contributed by atoms with Gasteiger partial charge < -0.3 is 10.0 Å². The van der Waals surface area contributed by atoms with Gasteiger partial charge in [0, 0.05) is 19.3 Å². The van der Waals surface area contributed by atoms with Gasteiger partial charge in [-0.3, -0.25) is 10.1 Å². The standard InChI is InChI=1S/C12H16N4O3/c1-8-13-5-4-10(14-8)15-12(19)16-6-2-3-9(7-16)11(17)18/h4-5,9H,2-3,6-7H2,1H3,(H,17,18)(H,13,14,15,19). The zero-order chi connectivity index (χ0) is 13.8. The number of carbonyl (C=O) groups excluding carboxylic acids is 1. The number of amides is 2. The number of piperidine rings is 1. The molecular weight excluding hydrogens is 248 g/mol. The molecule has 0 radical (unpaired) electrons. The number of hydrogen-bond acceptors (Lipinski definition) is 4. The Morgan fingerprint density at radius 3 is 3.00 bits per heavy atom. The summed E-state index contributed by atoms with van der Waals surface area (Å²) < 4.78 is 0. The number of urea groups is 1. The summed E-state index contributed by atoms with van der Waals surface area (Å²) in [6, 6.07) is 1.29. The summed E-state index contributed by atoms with van der Waals surface area (Å²) in [6.07, 6.45) is 2.88. The van der Waals surface area contributed by atoms with Crippen molar-refractivity contribution >= 4 is 17.8 Å². The number of anilines is 1. The van der Waals surface area contributed by atoms with Crippen LogP contribution in [0, 0.1) is 12.8 Å². The number of aromatic nitrogens is 2. The molecule has 2 heterocycles. The molecule has 1 aliphatic heterocycles. The molecule has 0 saturated carbocycles. The number of nitrogens with zero attached hydrogens (tertiary/aromatic N) is 3. The zero-order valence-electron chi connectivity index (χ0n) is 10.7. The maximum Gasteiger partial charge on any atom is 0.323 e. The Balaban J connectivity index is 1.98. The molecule has 1 aromatic rings. The quantitative estimate of drug-likeness (QED) is 0.834. The highest BCUT2D eigenvalue weighted by molar-refractivity contribution is 5.88. The van der Waals surface area contributed by atoms with Crippen molar-refractivity contribution in [3.05, 3.63) is 18.1 Å². The molecule has 2 N–H and O–H groups in total. The molecule has 19 heavy (non-hydrogen) atoms. The number of aliphatic carboxylic acids is 1. The van der Waals surface area contributed by atoms with Crippen molar-refractivity contribution in [1.29, 1.82) is 0 Å². The lowest BCUT2D eigenvalue weighted by Gasteiger charge is -2.30. The fraction of sp³-hybridized carbons (Fsp3) is 0.500. The van der Waals surface area contributed by atoms with E-state index in [9.17, 15) is 9.59 Å². The Morgan fingerprint density at radius 2 is 2.32 bits per heavy atom. The fourth-order valence-corrected chi connectivity index (χ4v) is 2.08. The van der Waals surface area contributed by atoms with Crippen molar-refractivity contribution in [1.82, 2.24) is 14.9 Å². The second-order valence-corrected chi connectivity index (χ2v) is 4.54. The van der Waals surface area contributed by atoms with Crippen LogP contribution in [0.25, 0.3) is 0 Å². The third kappa shape index (κ3) is 3.40. The van der Waals surface area contributed by atoms with Gasteiger partial charge in [0.05, 0.1) is 5.92 Å². The number of carbonyl (C=O) groups is 2. The van der Waals surface area contributed by atoms with Crippen LogP contribution in [0.4, 0.5) is 10.6 Å². The Kier molecular flexibility index (Phi) is 3.94. The van der Waals surface area contributed by atoms with Gasteiger partial charge in [-0.2, -0.15) is 0 Å². The molecule has 0 aliphatic carbocycles. The minimum absolute atomic E-state index is 0.241. The minimum atomic E-state index is -0.851. The summed E-state index contributed by atoms with van der Waals surface area (Å²) in [5.74, 6) is -0.336. The Hall–Kier alpha value is -2.18. The van der Waals surface area contributed by atoms with Gasteiger partial charge in [0.1, 0.15) is 11.6 Å². The van der Waals surface area contributed by atoms with Gasteiger partial charge in [-0.15, -0.1) is 0 Å². The zero-order valence-corrected chi connectivity index (χ0v) is 10.7. The summed E-state index contributed by atoms with van der Waals surface area (Å²) >= 11 is 0. The van der Waals surface area contributed by atoms with Gasteiger partial charge in [0.15, 0.2) is 0 Å². The molecule has 7 heteroatoms. The molecular formula is C12H16N4O3. The van der Waals surface area contributed by atoms with Crippen LogP contribution in [0.2, 0.25) is 0 Å². The van der Waals surface area contributed by atoms with Crippen molar-refractivity contribution in [3.8, 4) is 0 Å². The SMILES string of the molecule is Cc1nccc(NC(=O)N2CCCC(C(=O)O)C2)n1. The number of hydrogen-bond donors (Lipinski definition) is 2. The van der Waals surface area contributed by atoms with Crippen molar-refractivity contribution in [3.63, 3.8) is 0 Å². The topological polar surface area (TPSA) is 95.4 Å². The molecule has 1 aliphatic rings. The molecule has 1 aromatic heterocycles. The first kappa shape index (κ1) is 13.3. The largest absolute Gasteiger partial charge is 0.481 e. The number of nitrogens with one attached hydrogen (secondary N) is 1. The lowest BCUT2D eigenvalue weighted by molar-refractivity contribution is -0.143. The maximum atomic E-state index is 12.0. The molecule has 2 rings (SSSR count). The van der Waals surface area contributed by atoms with Crippen molar-refractivity contribution < 1.29 is 14.7 Å². The molecule has 1 fully saturated rings. The van der Waals surface area contributed by atoms with Crippen LogP contribution >= 0.6 is 0 Å². The predicted octanol–water partition coefficient (Wildman–Crippen LogP) is 1.11. The van der Waals surface area contributed by atoms with E-state index in [0.29, 0.717) is 31.0 Å². The van der Waals surface area contributed by atoms with E-state index < -0.39 is 11.9 Å². The van der Waals surface area contributed by atoms with E-state index in [1.54, 1.807) is 19.2 Å². The molecule has 0 bridgehead atoms. The Labute approximate surface area is 110 Å². The lowest BCUT2D eigenvalue weighted by Crippen LogP contribution is -2.44. The first-order chi connectivity index (χ1) is 9.06. The van der Waals surface area contributed by atoms with E-state index in [1.807, 2.05) is 0 Å². The molecule has 0 aromatic carbocycles. The van der Waals surface area contributed by atoms with Crippen molar-refractivity contribution in [2.75, 3.05) is 18.4 Å². The van der Waals surface area contributed by atoms with E-state index in [2.05, 4.69) is 15.3 Å². The Bertz CT molecular complexity index is 492. The van der Waals surface area contributed by atoms with E-state index in [0.717, 1.165) is 0 Å². The van der Waals surface area contributed by atoms with Crippen LogP contribution in [0.3, 0.4) is 0 Å². The number of carboxylic acid groups (broad SMARTS) is 1. The monoisotopic (exact) mass is 264 g/mol. The first-order valence-corrected chi connectivity index (χ1v) is 6.14. The first-order valence-electron chi connectivity index (χ1n) is 6.14. The van der Waals surface area contributed by atoms with E-state index in [-0.39, 0.29) is 12.6 Å². The summed E-state index contributed by atoms with van der Waals surface area (Å²) in [6.45, 7) is 2.54. The van der Waals surface area contributed by atoms with Gasteiger partial charge >= 0.3 is 12.0 Å². The number of likely N-dealkylation sites (tertiary alicyclic amines) is 1. The Morgan fingerprint density at radius 1 is 1.53 bits per heavy atom.